The third-order valence-electron chi connectivity index (χ3n) is 1.35. The van der Waals surface area contributed by atoms with Crippen molar-refractivity contribution >= 4 is 56.8 Å². The van der Waals surface area contributed by atoms with E-state index in [1.165, 1.54) is 5.54 Å². The van der Waals surface area contributed by atoms with Gasteiger partial charge in [0.25, 0.3) is 0 Å². The molecule has 0 heterocycles. The molecule has 0 spiro atoms. The van der Waals surface area contributed by atoms with E-state index in [4.69, 9.17) is 16.9 Å². The first-order valence-electron chi connectivity index (χ1n) is 3.09. The van der Waals surface area contributed by atoms with E-state index >= 15 is 0 Å². The second kappa shape index (κ2) is 5.60. The van der Waals surface area contributed by atoms with Crippen LogP contribution in [0.15, 0.2) is 11.6 Å². The van der Waals surface area contributed by atoms with Crippen molar-refractivity contribution in [3.63, 3.8) is 0 Å². The van der Waals surface area contributed by atoms with Crippen molar-refractivity contribution in [2.24, 2.45) is 5.92 Å². The van der Waals surface area contributed by atoms with Crippen molar-refractivity contribution in [3.8, 4) is 6.07 Å². The van der Waals surface area contributed by atoms with Crippen LogP contribution in [0, 0.1) is 17.2 Å². The zero-order chi connectivity index (χ0) is 8.91. The van der Waals surface area contributed by atoms with Gasteiger partial charge in [0.15, 0.2) is 1.43 Å². The summed E-state index contributed by atoms with van der Waals surface area (Å²) in [6.45, 7) is 2.04. The summed E-state index contributed by atoms with van der Waals surface area (Å²) in [5, 5.41) is 8.74. The van der Waals surface area contributed by atoms with E-state index in [1.807, 2.05) is 13.0 Å². The van der Waals surface area contributed by atoms with Gasteiger partial charge >= 0.3 is 0 Å². The van der Waals surface area contributed by atoms with Crippen LogP contribution in [0.3, 0.4) is 0 Å². The first-order valence-corrected chi connectivity index (χ1v) is 5.68. The van der Waals surface area contributed by atoms with Gasteiger partial charge in [0.1, 0.15) is 0 Å². The fourth-order valence-corrected chi connectivity index (χ4v) is 1.13. The van der Waals surface area contributed by atoms with E-state index in [1.54, 1.807) is 0 Å². The zero-order valence-corrected chi connectivity index (χ0v) is 11.1. The number of halogens is 3. The topological polar surface area (TPSA) is 23.8 Å². The molecule has 0 bridgehead atoms. The maximum absolute atomic E-state index is 8.74. The van der Waals surface area contributed by atoms with Crippen molar-refractivity contribution in [1.29, 1.82) is 5.26 Å². The predicted octanol–water partition coefficient (Wildman–Crippen LogP) is 3.85. The fraction of sp³-hybridized carbons (Fsp3) is 0.571. The van der Waals surface area contributed by atoms with E-state index < -0.39 is 0 Å². The van der Waals surface area contributed by atoms with Crippen LogP contribution in [-0.4, -0.2) is 1.43 Å². The molecule has 1 unspecified atom stereocenters. The minimum atomic E-state index is -0.314. The summed E-state index contributed by atoms with van der Waals surface area (Å²) in [5.41, 5.74) is 1.50. The zero-order valence-electron chi connectivity index (χ0n) is 6.02. The van der Waals surface area contributed by atoms with Crippen LogP contribution in [0.5, 0.6) is 0 Å². The highest BCUT2D eigenvalue weighted by Gasteiger charge is 2.28. The molecule has 4 heteroatoms. The first-order chi connectivity index (χ1) is 5.04. The second-order valence-electron chi connectivity index (χ2n) is 2.23. The van der Waals surface area contributed by atoms with E-state index in [9.17, 15) is 0 Å². The molecule has 62 valence electrons. The monoisotopic (exact) mass is 395 g/mol. The molecule has 0 aromatic heterocycles. The number of hydrogen-bond donors (Lipinski definition) is 0. The van der Waals surface area contributed by atoms with Crippen molar-refractivity contribution in [1.82, 2.24) is 0 Å². The molecule has 0 aliphatic rings. The Bertz CT molecular complexity index is 183. The predicted molar refractivity (Wildman–Crippen MR) is 65.2 cm³/mol. The summed E-state index contributed by atoms with van der Waals surface area (Å²) in [5.74, 6) is 0.323. The van der Waals surface area contributed by atoms with Crippen LogP contribution in [0.25, 0.3) is 0 Å². The lowest BCUT2D eigenvalue weighted by atomic mass is 10.1. The highest BCUT2D eigenvalue weighted by molar-refractivity contribution is 14.2. The van der Waals surface area contributed by atoms with Gasteiger partial charge in [-0.2, -0.15) is 5.26 Å². The van der Waals surface area contributed by atoms with Crippen LogP contribution in [0.4, 0.5) is 0 Å². The normalized spacial score (nSPS) is 14.8. The van der Waals surface area contributed by atoms with Crippen LogP contribution < -0.4 is 0 Å². The molecule has 11 heavy (non-hydrogen) atoms. The maximum Gasteiger partial charge on any atom is 0.162 e. The van der Waals surface area contributed by atoms with Gasteiger partial charge in [0.05, 0.1) is 6.07 Å². The highest BCUT2D eigenvalue weighted by atomic mass is 127. The molecule has 0 saturated heterocycles. The Morgan fingerprint density at radius 3 is 2.64 bits per heavy atom. The Hall–Kier alpha value is 0.980. The van der Waals surface area contributed by atoms with Gasteiger partial charge in [-0.05, 0) is 12.3 Å². The number of nitrogens with zero attached hydrogens (tertiary/aromatic N) is 1. The minimum absolute atomic E-state index is 0.314. The summed E-state index contributed by atoms with van der Waals surface area (Å²) in [6.07, 6.45) is 2.72. The van der Waals surface area contributed by atoms with E-state index in [-0.39, 0.29) is 1.43 Å². The van der Waals surface area contributed by atoms with E-state index in [0.717, 1.165) is 6.42 Å². The molecule has 0 N–H and O–H groups in total. The molecule has 0 aliphatic carbocycles. The molecule has 1 atom stereocenters. The van der Waals surface area contributed by atoms with Crippen LogP contribution in [-0.2, 0) is 0 Å². The Labute approximate surface area is 99.5 Å². The number of rotatable bonds is 3. The number of nitriles is 1. The summed E-state index contributed by atoms with van der Waals surface area (Å²) in [7, 11) is 0. The highest BCUT2D eigenvalue weighted by Crippen LogP contribution is 2.37. The van der Waals surface area contributed by atoms with E-state index in [2.05, 4.69) is 51.3 Å². The fourth-order valence-electron chi connectivity index (χ4n) is 0.514. The van der Waals surface area contributed by atoms with Gasteiger partial charge < -0.3 is 0 Å². The van der Waals surface area contributed by atoms with Gasteiger partial charge in [-0.3, -0.25) is 0 Å². The lowest BCUT2D eigenvalue weighted by Gasteiger charge is -2.18. The Morgan fingerprint density at radius 1 is 1.73 bits per heavy atom. The number of allylic oxidation sites excluding steroid dienone is 1. The largest absolute Gasteiger partial charge is 0.196 e. The van der Waals surface area contributed by atoms with Crippen molar-refractivity contribution in [2.45, 2.75) is 14.8 Å². The lowest BCUT2D eigenvalue weighted by Crippen LogP contribution is -2.18. The van der Waals surface area contributed by atoms with Crippen molar-refractivity contribution in [3.05, 3.63) is 11.6 Å². The smallest absolute Gasteiger partial charge is 0.162 e. The van der Waals surface area contributed by atoms with Crippen LogP contribution >= 0.6 is 56.8 Å². The van der Waals surface area contributed by atoms with Crippen LogP contribution in [0.2, 0.25) is 0 Å². The molecule has 1 nitrogen and oxygen atoms in total. The van der Waals surface area contributed by atoms with Gasteiger partial charge in [-0.15, -0.1) is 0 Å². The molecule has 0 saturated carbocycles. The second-order valence-corrected chi connectivity index (χ2v) is 7.95. The van der Waals surface area contributed by atoms with E-state index in [0.29, 0.717) is 5.92 Å². The summed E-state index contributed by atoms with van der Waals surface area (Å²) < 4.78 is -0.314. The summed E-state index contributed by atoms with van der Waals surface area (Å²) in [4.78, 5) is 0. The molecular formula is C7H8ClI2N. The van der Waals surface area contributed by atoms with Crippen molar-refractivity contribution in [2.75, 3.05) is 0 Å². The average molecular weight is 395 g/mol. The average Bonchev–Trinajstić information content (AvgIpc) is 2.00. The SMILES string of the molecule is CC(C/C=C/Cl)C(I)(I)C#N. The van der Waals surface area contributed by atoms with Gasteiger partial charge in [0, 0.05) is 5.54 Å². The molecular weight excluding hydrogens is 387 g/mol. The Kier molecular flexibility index (Phi) is 6.09. The summed E-state index contributed by atoms with van der Waals surface area (Å²) >= 11 is 9.68. The first kappa shape index (κ1) is 12.0. The Morgan fingerprint density at radius 2 is 2.27 bits per heavy atom. The van der Waals surface area contributed by atoms with Gasteiger partial charge in [-0.1, -0.05) is 69.8 Å². The standard InChI is InChI=1S/C7H8ClI2N/c1-6(3-2-4-8)7(9,10)5-11/h2,4,6H,3H2,1H3/b4-2+. The quantitative estimate of drug-likeness (QED) is 0.526. The molecule has 0 rings (SSSR count). The maximum atomic E-state index is 8.74. The lowest BCUT2D eigenvalue weighted by molar-refractivity contribution is 0.624. The molecule has 0 aliphatic heterocycles. The number of alkyl halides is 2. The summed E-state index contributed by atoms with van der Waals surface area (Å²) in [6, 6.07) is 2.25. The van der Waals surface area contributed by atoms with Gasteiger partial charge in [0.2, 0.25) is 0 Å². The Balaban J connectivity index is 4.04. The third-order valence-corrected chi connectivity index (χ3v) is 4.13. The van der Waals surface area contributed by atoms with Crippen molar-refractivity contribution < 1.29 is 0 Å². The minimum Gasteiger partial charge on any atom is -0.196 e. The number of hydrogen-bond acceptors (Lipinski definition) is 1. The molecule has 0 aromatic carbocycles. The molecule has 0 amide bonds. The molecule has 0 radical (unpaired) electrons. The van der Waals surface area contributed by atoms with Gasteiger partial charge in [-0.25, -0.2) is 0 Å². The molecule has 0 aromatic rings. The third kappa shape index (κ3) is 4.53. The molecule has 0 fully saturated rings. The van der Waals surface area contributed by atoms with Crippen LogP contribution in [0.1, 0.15) is 13.3 Å².